The van der Waals surface area contributed by atoms with Crippen LogP contribution in [0.5, 0.6) is 28.9 Å². The molecule has 3 aliphatic carbocycles. The number of aromatic nitrogens is 2. The number of benzene rings is 5. The third kappa shape index (κ3) is 29.7. The fourth-order valence-corrected chi connectivity index (χ4v) is 14.4. The minimum atomic E-state index is -2.63. The van der Waals surface area contributed by atoms with E-state index in [1.807, 2.05) is 85.0 Å². The average Bonchev–Trinajstić information content (AvgIpc) is 1.61. The Labute approximate surface area is 714 Å². The maximum Gasteiger partial charge on any atom is 0.251 e. The van der Waals surface area contributed by atoms with E-state index in [2.05, 4.69) is 127 Å². The molecular weight excluding hydrogens is 1560 g/mol. The number of ether oxygens (including phenoxy) is 5. The molecule has 11 rings (SSSR count). The minimum Gasteiger partial charge on any atom is -0.496 e. The van der Waals surface area contributed by atoms with Crippen LogP contribution in [0.2, 0.25) is 0 Å². The number of nitrogens with zero attached hydrogens (tertiary/aromatic N) is 4. The third-order valence-electron chi connectivity index (χ3n) is 21.3. The molecule has 0 bridgehead atoms. The lowest BCUT2D eigenvalue weighted by atomic mass is 9.79. The number of nitrogens with one attached hydrogen (secondary N) is 4. The van der Waals surface area contributed by atoms with E-state index in [4.69, 9.17) is 23.7 Å². The second-order valence-electron chi connectivity index (χ2n) is 30.4. The minimum absolute atomic E-state index is 0.0323. The molecule has 4 aliphatic rings. The molecule has 3 saturated carbocycles. The van der Waals surface area contributed by atoms with E-state index in [1.165, 1.54) is 93.5 Å². The molecule has 19 nitrogen and oxygen atoms in total. The Morgan fingerprint density at radius 3 is 1.69 bits per heavy atom. The van der Waals surface area contributed by atoms with Crippen molar-refractivity contribution in [3.8, 4) is 46.1 Å². The third-order valence-corrected chi connectivity index (χ3v) is 21.3. The first-order chi connectivity index (χ1) is 58.4. The number of carbonyl (C=O) groups excluding carboxylic acids is 5. The van der Waals surface area contributed by atoms with E-state index >= 15 is 0 Å². The van der Waals surface area contributed by atoms with Crippen LogP contribution in [-0.4, -0.2) is 105 Å². The Morgan fingerprint density at radius 2 is 1.16 bits per heavy atom. The van der Waals surface area contributed by atoms with Crippen molar-refractivity contribution < 1.29 is 74.7 Å². The van der Waals surface area contributed by atoms with Crippen molar-refractivity contribution >= 4 is 88.5 Å². The molecule has 1 aliphatic heterocycles. The van der Waals surface area contributed by atoms with Gasteiger partial charge in [0.25, 0.3) is 5.91 Å². The van der Waals surface area contributed by atoms with Crippen molar-refractivity contribution in [1.82, 2.24) is 9.97 Å². The van der Waals surface area contributed by atoms with Gasteiger partial charge >= 0.3 is 0 Å². The maximum absolute atomic E-state index is 14.1. The highest BCUT2D eigenvalue weighted by Gasteiger charge is 2.38. The van der Waals surface area contributed by atoms with Crippen LogP contribution in [0.1, 0.15) is 167 Å². The normalized spacial score (nSPS) is 16.1. The summed E-state index contributed by atoms with van der Waals surface area (Å²) in [6.07, 6.45) is 35.6. The molecule has 0 radical (unpaired) electrons. The highest BCUT2D eigenvalue weighted by Crippen LogP contribution is 2.43. The van der Waals surface area contributed by atoms with Gasteiger partial charge in [0.15, 0.2) is 5.69 Å². The van der Waals surface area contributed by atoms with Crippen LogP contribution in [0.4, 0.5) is 50.5 Å². The second-order valence-corrected chi connectivity index (χ2v) is 30.4. The summed E-state index contributed by atoms with van der Waals surface area (Å²) in [5, 5.41) is 29.0. The molecule has 24 heteroatoms. The number of anilines is 5. The highest BCUT2D eigenvalue weighted by atomic mass is 19.3. The Kier molecular flexibility index (Phi) is 38.1. The van der Waals surface area contributed by atoms with Gasteiger partial charge in [0.1, 0.15) is 40.7 Å². The first-order valence-electron chi connectivity index (χ1n) is 40.7. The fourth-order valence-electron chi connectivity index (χ4n) is 14.4. The predicted molar refractivity (Wildman–Crippen MR) is 478 cm³/mol. The van der Waals surface area contributed by atoms with Crippen molar-refractivity contribution in [2.75, 3.05) is 74.4 Å². The van der Waals surface area contributed by atoms with Crippen LogP contribution < -0.4 is 49.9 Å². The van der Waals surface area contributed by atoms with Crippen molar-refractivity contribution in [2.24, 2.45) is 29.6 Å². The monoisotopic (exact) mass is 1670 g/mol. The fraction of sp³-hybridized carbons (Fsp3) is 0.347. The number of aliphatic hydroxyl groups is 1. The SMILES string of the molecule is C=CC(=O)N(CCO)c1cc(/C=C/C2CCC(C(C)(F)F)CC2)c(OC)cn1.C=CC(=O)Nc1cc(-c2ccc(C(C)C)cc2)c(OC)cc1F.C=CC(=O)Nc1cc(/C=C/C2CCC(C(C)(F)F)CC2)c(OC)nc1C#N.C=CC(=O)Nc1cc(/C=C/c2ccc(C)cc2)c2c(c1)CCO2.C=CC(=O)Nc1ccc(OC)c(/C=C/CC2CCCC2)c1. The van der Waals surface area contributed by atoms with E-state index < -0.39 is 41.3 Å². The zero-order chi connectivity index (χ0) is 89.1. The van der Waals surface area contributed by atoms with Gasteiger partial charge in [-0.2, -0.15) is 10.2 Å². The summed E-state index contributed by atoms with van der Waals surface area (Å²) in [6.45, 7) is 26.0. The van der Waals surface area contributed by atoms with Gasteiger partial charge in [-0.05, 0) is 198 Å². The molecule has 5 N–H and O–H groups in total. The summed E-state index contributed by atoms with van der Waals surface area (Å²) in [5.41, 5.74) is 11.5. The molecule has 3 heterocycles. The molecule has 3 fully saturated rings. The van der Waals surface area contributed by atoms with E-state index in [9.17, 15) is 56.3 Å². The first kappa shape index (κ1) is 96.6. The number of hydrogen-bond acceptors (Lipinski definition) is 14. The van der Waals surface area contributed by atoms with Gasteiger partial charge < -0.3 is 50.1 Å². The van der Waals surface area contributed by atoms with Crippen molar-refractivity contribution in [1.29, 1.82) is 5.26 Å². The Hall–Kier alpha value is -12.5. The van der Waals surface area contributed by atoms with Gasteiger partial charge in [-0.1, -0.05) is 175 Å². The maximum atomic E-state index is 14.1. The molecule has 0 saturated heterocycles. The summed E-state index contributed by atoms with van der Waals surface area (Å²) in [7, 11) is 6.12. The van der Waals surface area contributed by atoms with Crippen molar-refractivity contribution in [3.05, 3.63) is 247 Å². The van der Waals surface area contributed by atoms with E-state index in [0.717, 1.165) is 114 Å². The standard InChI is InChI=1S/C21H28F2N2O3.C20H23F2N3O2.C20H19NO2.C19H20FNO2.C18H23NO2/c1-4-20(27)25(11-12-26)19-13-16(18(28-3)14-24-19)8-5-15-6-9-17(10-7-15)21(2,22)23;1-4-18(26)24-16-11-14(19(27-3)25-17(16)12-23)8-5-13-6-9-15(10-7-13)20(2,21)22;1-3-19(22)21-18-12-16(20-17(13-18)10-11-23-20)9-8-15-6-4-14(2)5-7-15;1-5-19(22)21-17-10-15(18(23-4)11-16(17)20)14-8-6-13(7-9-14)12(2)3;1-3-18(20)19-16-11-12-17(21-2)15(13-16)10-6-9-14-7-4-5-8-14/h4-5,8,13-15,17,26H,1,6-7,9-12H2,2-3H3;4-5,8,11,13,15H,1,6-7,9-10H2,2-3H3,(H,24,26);3-9,12-13H,1,10-11H2,2H3,(H,21,22);5-12H,1H2,2-4H3,(H,21,22);3,6,10-14H,1,4-5,7-9H2,2H3,(H,19,20)/b2*8-5+;9-8+;;10-6+. The Morgan fingerprint density at radius 1 is 0.607 bits per heavy atom. The van der Waals surface area contributed by atoms with Crippen molar-refractivity contribution in [2.45, 2.75) is 142 Å². The lowest BCUT2D eigenvalue weighted by Crippen LogP contribution is -2.32. The Bertz CT molecular complexity index is 4920. The number of methoxy groups -OCH3 is 4. The number of amides is 5. The number of rotatable bonds is 29. The molecule has 5 aromatic carbocycles. The van der Waals surface area contributed by atoms with Crippen LogP contribution in [0.3, 0.4) is 0 Å². The van der Waals surface area contributed by atoms with Gasteiger partial charge in [-0.25, -0.2) is 26.9 Å². The molecule has 5 amide bonds. The topological polar surface area (TPSA) is 253 Å². The number of pyridine rings is 2. The first-order valence-corrected chi connectivity index (χ1v) is 40.7. The number of nitriles is 1. The lowest BCUT2D eigenvalue weighted by molar-refractivity contribution is -0.114. The predicted octanol–water partition coefficient (Wildman–Crippen LogP) is 22.0. The van der Waals surface area contributed by atoms with E-state index in [0.29, 0.717) is 79.5 Å². The molecular formula is C98H113F5N8O11. The highest BCUT2D eigenvalue weighted by molar-refractivity contribution is 6.02. The number of alkyl halides is 4. The van der Waals surface area contributed by atoms with E-state index in [1.54, 1.807) is 31.4 Å². The van der Waals surface area contributed by atoms with Crippen LogP contribution >= 0.6 is 0 Å². The summed E-state index contributed by atoms with van der Waals surface area (Å²) < 4.78 is 94.8. The number of carbonyl (C=O) groups is 5. The smallest absolute Gasteiger partial charge is 0.251 e. The van der Waals surface area contributed by atoms with Gasteiger partial charge in [-0.15, -0.1) is 0 Å². The zero-order valence-electron chi connectivity index (χ0n) is 71.1. The van der Waals surface area contributed by atoms with Gasteiger partial charge in [0.05, 0.1) is 65.8 Å². The lowest BCUT2D eigenvalue weighted by Gasteiger charge is -2.30. The molecule has 0 atom stereocenters. The number of fused-ring (bicyclic) bond motifs is 1. The number of hydrogen-bond donors (Lipinski definition) is 5. The van der Waals surface area contributed by atoms with Crippen LogP contribution in [-0.2, 0) is 30.4 Å². The summed E-state index contributed by atoms with van der Waals surface area (Å²) in [5.74, 6) is -3.61. The number of aryl methyl sites for hydroxylation is 1. The van der Waals surface area contributed by atoms with Crippen LogP contribution in [0.25, 0.3) is 41.5 Å². The quantitative estimate of drug-likeness (QED) is 0.0166. The second kappa shape index (κ2) is 48.1. The van der Waals surface area contributed by atoms with Crippen molar-refractivity contribution in [3.63, 3.8) is 0 Å². The van der Waals surface area contributed by atoms with Gasteiger partial charge in [0.2, 0.25) is 41.4 Å². The van der Waals surface area contributed by atoms with Crippen LogP contribution in [0.15, 0.2) is 191 Å². The zero-order valence-corrected chi connectivity index (χ0v) is 71.1. The summed E-state index contributed by atoms with van der Waals surface area (Å²) >= 11 is 0. The number of allylic oxidation sites excluding steroid dienone is 3. The molecule has 122 heavy (non-hydrogen) atoms. The molecule has 0 spiro atoms. The van der Waals surface area contributed by atoms with E-state index in [-0.39, 0.29) is 65.7 Å². The largest absolute Gasteiger partial charge is 0.496 e. The summed E-state index contributed by atoms with van der Waals surface area (Å²) in [6, 6.07) is 33.9. The molecule has 2 aromatic heterocycles. The molecule has 0 unspecified atom stereocenters. The summed E-state index contributed by atoms with van der Waals surface area (Å²) in [4.78, 5) is 67.6. The Balaban J connectivity index is 0.000000211. The number of halogens is 5. The number of aliphatic hydroxyl groups excluding tert-OH is 1. The average molecular weight is 1670 g/mol. The molecule has 7 aromatic rings. The molecule has 646 valence electrons. The van der Waals surface area contributed by atoms with Gasteiger partial charge in [0, 0.05) is 69.1 Å². The van der Waals surface area contributed by atoms with Crippen LogP contribution in [0, 0.1) is 53.7 Å². The van der Waals surface area contributed by atoms with Gasteiger partial charge in [-0.3, -0.25) is 28.9 Å².